The number of aromatic carboxylic acids is 1. The summed E-state index contributed by atoms with van der Waals surface area (Å²) in [4.78, 5) is 14.2. The Balaban J connectivity index is 2.54. The molecule has 1 aromatic heterocycles. The highest BCUT2D eigenvalue weighted by molar-refractivity contribution is 5.84. The first-order valence-corrected chi connectivity index (χ1v) is 4.27. The monoisotopic (exact) mass is 183 g/mol. The van der Waals surface area contributed by atoms with Crippen molar-refractivity contribution in [3.8, 4) is 0 Å². The van der Waals surface area contributed by atoms with E-state index in [2.05, 4.69) is 18.8 Å². The predicted octanol–water partition coefficient (Wildman–Crippen LogP) is 1.96. The fourth-order valence-electron chi connectivity index (χ4n) is 0.936. The Hall–Kier alpha value is -1.32. The maximum absolute atomic E-state index is 10.4. The van der Waals surface area contributed by atoms with Crippen LogP contribution in [0, 0.1) is 5.92 Å². The second-order valence-electron chi connectivity index (χ2n) is 3.36. The topological polar surface area (TPSA) is 63.3 Å². The van der Waals surface area contributed by atoms with Crippen LogP contribution in [0.1, 0.15) is 36.6 Å². The molecule has 13 heavy (non-hydrogen) atoms. The predicted molar refractivity (Wildman–Crippen MR) is 46.6 cm³/mol. The van der Waals surface area contributed by atoms with Crippen LogP contribution in [-0.4, -0.2) is 16.1 Å². The highest BCUT2D eigenvalue weighted by Gasteiger charge is 2.10. The number of aromatic nitrogens is 1. The zero-order chi connectivity index (χ0) is 9.84. The number of carbonyl (C=O) groups is 1. The van der Waals surface area contributed by atoms with Crippen molar-refractivity contribution in [1.29, 1.82) is 0 Å². The van der Waals surface area contributed by atoms with Crippen LogP contribution in [0.2, 0.25) is 0 Å². The third kappa shape index (κ3) is 2.89. The minimum absolute atomic E-state index is 0.0150. The fourth-order valence-corrected chi connectivity index (χ4v) is 0.936. The van der Waals surface area contributed by atoms with Gasteiger partial charge in [0.25, 0.3) is 0 Å². The Kier molecular flexibility index (Phi) is 3.06. The Labute approximate surface area is 76.6 Å². The van der Waals surface area contributed by atoms with E-state index in [1.54, 1.807) is 0 Å². The van der Waals surface area contributed by atoms with Gasteiger partial charge < -0.3 is 9.52 Å². The lowest BCUT2D eigenvalue weighted by molar-refractivity contribution is 0.0690. The molecular weight excluding hydrogens is 170 g/mol. The molecule has 0 saturated heterocycles. The minimum Gasteiger partial charge on any atom is -0.476 e. The van der Waals surface area contributed by atoms with E-state index in [-0.39, 0.29) is 5.69 Å². The zero-order valence-electron chi connectivity index (χ0n) is 7.78. The van der Waals surface area contributed by atoms with E-state index in [1.807, 2.05) is 0 Å². The number of hydrogen-bond donors (Lipinski definition) is 1. The van der Waals surface area contributed by atoms with Gasteiger partial charge in [-0.15, -0.1) is 0 Å². The molecule has 1 rings (SSSR count). The van der Waals surface area contributed by atoms with Crippen molar-refractivity contribution in [3.63, 3.8) is 0 Å². The molecule has 0 aliphatic rings. The van der Waals surface area contributed by atoms with Crippen LogP contribution in [0.15, 0.2) is 10.7 Å². The van der Waals surface area contributed by atoms with E-state index < -0.39 is 5.97 Å². The SMILES string of the molecule is CC(C)CCc1nc(C(=O)O)co1. The molecule has 1 aromatic rings. The molecule has 0 aliphatic heterocycles. The molecule has 0 fully saturated rings. The molecule has 1 heterocycles. The van der Waals surface area contributed by atoms with Crippen LogP contribution in [-0.2, 0) is 6.42 Å². The summed E-state index contributed by atoms with van der Waals surface area (Å²) in [5.41, 5.74) is -0.0150. The van der Waals surface area contributed by atoms with E-state index >= 15 is 0 Å². The minimum atomic E-state index is -1.04. The van der Waals surface area contributed by atoms with E-state index in [0.717, 1.165) is 6.42 Å². The lowest BCUT2D eigenvalue weighted by Gasteiger charge is -1.99. The van der Waals surface area contributed by atoms with Crippen molar-refractivity contribution in [3.05, 3.63) is 17.8 Å². The van der Waals surface area contributed by atoms with Crippen LogP contribution in [0.3, 0.4) is 0 Å². The number of hydrogen-bond acceptors (Lipinski definition) is 3. The molecule has 72 valence electrons. The lowest BCUT2D eigenvalue weighted by atomic mass is 10.1. The summed E-state index contributed by atoms with van der Waals surface area (Å²) in [7, 11) is 0. The number of carboxylic acids is 1. The van der Waals surface area contributed by atoms with Crippen molar-refractivity contribution >= 4 is 5.97 Å². The fraction of sp³-hybridized carbons (Fsp3) is 0.556. The summed E-state index contributed by atoms with van der Waals surface area (Å²) >= 11 is 0. The molecule has 1 N–H and O–H groups in total. The van der Waals surface area contributed by atoms with E-state index in [9.17, 15) is 4.79 Å². The Bertz CT molecular complexity index is 291. The number of carboxylic acid groups (broad SMARTS) is 1. The van der Waals surface area contributed by atoms with Crippen LogP contribution < -0.4 is 0 Å². The highest BCUT2D eigenvalue weighted by Crippen LogP contribution is 2.08. The third-order valence-corrected chi connectivity index (χ3v) is 1.71. The summed E-state index contributed by atoms with van der Waals surface area (Å²) in [6.07, 6.45) is 2.84. The smallest absolute Gasteiger partial charge is 0.357 e. The maximum atomic E-state index is 10.4. The van der Waals surface area contributed by atoms with Gasteiger partial charge >= 0.3 is 5.97 Å². The lowest BCUT2D eigenvalue weighted by Crippen LogP contribution is -1.97. The summed E-state index contributed by atoms with van der Waals surface area (Å²) in [6.45, 7) is 4.20. The molecule has 4 heteroatoms. The normalized spacial score (nSPS) is 10.7. The first-order chi connectivity index (χ1) is 6.09. The molecule has 0 spiro atoms. The number of oxazole rings is 1. The number of nitrogens with zero attached hydrogens (tertiary/aromatic N) is 1. The molecule has 0 aromatic carbocycles. The van der Waals surface area contributed by atoms with Gasteiger partial charge in [0.05, 0.1) is 0 Å². The second-order valence-corrected chi connectivity index (χ2v) is 3.36. The van der Waals surface area contributed by atoms with Gasteiger partial charge in [-0.3, -0.25) is 0 Å². The first kappa shape index (κ1) is 9.77. The van der Waals surface area contributed by atoms with E-state index in [1.165, 1.54) is 6.26 Å². The van der Waals surface area contributed by atoms with Gasteiger partial charge in [0.2, 0.25) is 0 Å². The van der Waals surface area contributed by atoms with Gasteiger partial charge in [0, 0.05) is 6.42 Å². The third-order valence-electron chi connectivity index (χ3n) is 1.71. The second kappa shape index (κ2) is 4.07. The van der Waals surface area contributed by atoms with Crippen molar-refractivity contribution in [2.24, 2.45) is 5.92 Å². The van der Waals surface area contributed by atoms with Gasteiger partial charge in [0.1, 0.15) is 6.26 Å². The zero-order valence-corrected chi connectivity index (χ0v) is 7.78. The molecule has 0 atom stereocenters. The van der Waals surface area contributed by atoms with E-state index in [0.29, 0.717) is 18.2 Å². The molecular formula is C9H13NO3. The van der Waals surface area contributed by atoms with Crippen LogP contribution >= 0.6 is 0 Å². The van der Waals surface area contributed by atoms with Gasteiger partial charge in [-0.05, 0) is 12.3 Å². The average Bonchev–Trinajstić information content (AvgIpc) is 2.48. The van der Waals surface area contributed by atoms with Crippen molar-refractivity contribution in [2.45, 2.75) is 26.7 Å². The van der Waals surface area contributed by atoms with Gasteiger partial charge in [-0.1, -0.05) is 13.8 Å². The van der Waals surface area contributed by atoms with Crippen molar-refractivity contribution in [2.75, 3.05) is 0 Å². The molecule has 0 bridgehead atoms. The average molecular weight is 183 g/mol. The summed E-state index contributed by atoms with van der Waals surface area (Å²) < 4.78 is 4.98. The highest BCUT2D eigenvalue weighted by atomic mass is 16.4. The molecule has 0 radical (unpaired) electrons. The van der Waals surface area contributed by atoms with Crippen LogP contribution in [0.4, 0.5) is 0 Å². The molecule has 0 amide bonds. The summed E-state index contributed by atoms with van der Waals surface area (Å²) in [5, 5.41) is 8.55. The van der Waals surface area contributed by atoms with Gasteiger partial charge in [-0.25, -0.2) is 9.78 Å². The summed E-state index contributed by atoms with van der Waals surface area (Å²) in [6, 6.07) is 0. The number of rotatable bonds is 4. The van der Waals surface area contributed by atoms with Crippen molar-refractivity contribution < 1.29 is 14.3 Å². The number of aryl methyl sites for hydroxylation is 1. The molecule has 4 nitrogen and oxygen atoms in total. The van der Waals surface area contributed by atoms with Crippen LogP contribution in [0.25, 0.3) is 0 Å². The first-order valence-electron chi connectivity index (χ1n) is 4.27. The Morgan fingerprint density at radius 2 is 2.38 bits per heavy atom. The molecule has 0 aliphatic carbocycles. The Morgan fingerprint density at radius 1 is 1.69 bits per heavy atom. The van der Waals surface area contributed by atoms with Gasteiger partial charge in [-0.2, -0.15) is 0 Å². The standard InChI is InChI=1S/C9H13NO3/c1-6(2)3-4-8-10-7(5-13-8)9(11)12/h5-6H,3-4H2,1-2H3,(H,11,12). The maximum Gasteiger partial charge on any atom is 0.357 e. The summed E-state index contributed by atoms with van der Waals surface area (Å²) in [5.74, 6) is 0.0332. The van der Waals surface area contributed by atoms with Crippen molar-refractivity contribution in [1.82, 2.24) is 4.98 Å². The molecule has 0 saturated carbocycles. The molecule has 0 unspecified atom stereocenters. The largest absolute Gasteiger partial charge is 0.476 e. The van der Waals surface area contributed by atoms with Crippen LogP contribution in [0.5, 0.6) is 0 Å². The Morgan fingerprint density at radius 3 is 2.85 bits per heavy atom. The van der Waals surface area contributed by atoms with E-state index in [4.69, 9.17) is 9.52 Å². The van der Waals surface area contributed by atoms with Gasteiger partial charge in [0.15, 0.2) is 11.6 Å². The quantitative estimate of drug-likeness (QED) is 0.775.